The van der Waals surface area contributed by atoms with Gasteiger partial charge in [0.25, 0.3) is 0 Å². The van der Waals surface area contributed by atoms with E-state index in [9.17, 15) is 5.21 Å². The third-order valence-corrected chi connectivity index (χ3v) is 6.43. The minimum atomic E-state index is -0.438. The highest BCUT2D eigenvalue weighted by Gasteiger charge is 2.14. The zero-order chi connectivity index (χ0) is 22.2. The minimum Gasteiger partial charge on any atom is -0.633 e. The van der Waals surface area contributed by atoms with Crippen molar-refractivity contribution in [3.05, 3.63) is 5.21 Å². The van der Waals surface area contributed by atoms with Crippen molar-refractivity contribution in [1.82, 2.24) is 0 Å². The van der Waals surface area contributed by atoms with E-state index in [0.29, 0.717) is 6.54 Å². The summed E-state index contributed by atoms with van der Waals surface area (Å²) < 4.78 is -0.438. The third kappa shape index (κ3) is 21.1. The molecule has 0 aromatic rings. The van der Waals surface area contributed by atoms with Gasteiger partial charge in [-0.05, 0) is 12.8 Å². The van der Waals surface area contributed by atoms with E-state index in [4.69, 9.17) is 10.2 Å². The Kier molecular flexibility index (Phi) is 23.4. The Morgan fingerprint density at radius 2 is 0.700 bits per heavy atom. The van der Waals surface area contributed by atoms with E-state index in [2.05, 4.69) is 6.92 Å². The molecule has 0 aliphatic heterocycles. The summed E-state index contributed by atoms with van der Waals surface area (Å²) in [4.78, 5) is 0. The number of hydrogen-bond acceptors (Lipinski definition) is 3. The molecule has 0 saturated carbocycles. The van der Waals surface area contributed by atoms with Crippen LogP contribution in [0.15, 0.2) is 0 Å². The lowest BCUT2D eigenvalue weighted by molar-refractivity contribution is -0.881. The largest absolute Gasteiger partial charge is 0.633 e. The molecule has 0 aromatic heterocycles. The van der Waals surface area contributed by atoms with Gasteiger partial charge in [-0.2, -0.15) is 0 Å². The van der Waals surface area contributed by atoms with Gasteiger partial charge < -0.3 is 20.1 Å². The fraction of sp³-hybridized carbons (Fsp3) is 1.00. The monoisotopic (exact) mass is 429 g/mol. The maximum atomic E-state index is 12.3. The van der Waals surface area contributed by atoms with Crippen molar-refractivity contribution in [2.24, 2.45) is 0 Å². The number of aliphatic hydroxyl groups excluding tert-OH is 2. The fourth-order valence-electron chi connectivity index (χ4n) is 4.36. The van der Waals surface area contributed by atoms with Crippen LogP contribution in [0, 0.1) is 5.21 Å². The van der Waals surface area contributed by atoms with E-state index < -0.39 is 4.65 Å². The van der Waals surface area contributed by atoms with Gasteiger partial charge in [0.1, 0.15) is 13.1 Å². The average Bonchev–Trinajstić information content (AvgIpc) is 2.72. The first-order valence-electron chi connectivity index (χ1n) is 13.5. The Hall–Kier alpha value is -0.160. The smallest absolute Gasteiger partial charge is 0.102 e. The molecular formula is C26H55NO3. The summed E-state index contributed by atoms with van der Waals surface area (Å²) in [6.07, 6.45) is 27.1. The fourth-order valence-corrected chi connectivity index (χ4v) is 4.36. The first kappa shape index (κ1) is 29.8. The van der Waals surface area contributed by atoms with Crippen LogP contribution in [-0.4, -0.2) is 47.7 Å². The summed E-state index contributed by atoms with van der Waals surface area (Å²) in [7, 11) is 0. The van der Waals surface area contributed by atoms with Crippen molar-refractivity contribution in [3.63, 3.8) is 0 Å². The van der Waals surface area contributed by atoms with Gasteiger partial charge in [0.2, 0.25) is 0 Å². The summed E-state index contributed by atoms with van der Waals surface area (Å²) in [5.41, 5.74) is 0. The van der Waals surface area contributed by atoms with Crippen LogP contribution in [0.2, 0.25) is 0 Å². The Labute approximate surface area is 188 Å². The molecule has 0 rings (SSSR count). The van der Waals surface area contributed by atoms with Crippen LogP contribution in [0.25, 0.3) is 0 Å². The van der Waals surface area contributed by atoms with Crippen molar-refractivity contribution in [1.29, 1.82) is 0 Å². The first-order chi connectivity index (χ1) is 14.7. The van der Waals surface area contributed by atoms with E-state index in [1.54, 1.807) is 0 Å². The standard InChI is InChI=1S/C26H55NO3/c1-2-3-4-5-6-7-8-9-10-11-12-13-14-15-16-17-18-19-20-21-22-27(30,23-25-28)24-26-29/h28-29H,2-26H2,1H3. The molecule has 0 aliphatic carbocycles. The molecule has 30 heavy (non-hydrogen) atoms. The molecule has 0 aliphatic rings. The number of hydroxylamine groups is 3. The first-order valence-corrected chi connectivity index (χ1v) is 13.5. The van der Waals surface area contributed by atoms with Crippen LogP contribution in [0.5, 0.6) is 0 Å². The summed E-state index contributed by atoms with van der Waals surface area (Å²) in [5, 5.41) is 30.3. The van der Waals surface area contributed by atoms with Gasteiger partial charge in [-0.15, -0.1) is 0 Å². The minimum absolute atomic E-state index is 0.0945. The van der Waals surface area contributed by atoms with E-state index in [-0.39, 0.29) is 26.3 Å². The normalized spacial score (nSPS) is 12.0. The van der Waals surface area contributed by atoms with Gasteiger partial charge in [-0.1, -0.05) is 122 Å². The Morgan fingerprint density at radius 1 is 0.433 bits per heavy atom. The summed E-state index contributed by atoms with van der Waals surface area (Å²) in [6, 6.07) is 0. The van der Waals surface area contributed by atoms with Crippen molar-refractivity contribution in [3.8, 4) is 0 Å². The highest BCUT2D eigenvalue weighted by atomic mass is 16.5. The average molecular weight is 430 g/mol. The summed E-state index contributed by atoms with van der Waals surface area (Å²) in [6.45, 7) is 3.04. The predicted molar refractivity (Wildman–Crippen MR) is 130 cm³/mol. The lowest BCUT2D eigenvalue weighted by Crippen LogP contribution is -2.47. The molecule has 0 aromatic carbocycles. The topological polar surface area (TPSA) is 63.5 Å². The van der Waals surface area contributed by atoms with Crippen LogP contribution >= 0.6 is 0 Å². The van der Waals surface area contributed by atoms with Crippen LogP contribution in [0.3, 0.4) is 0 Å². The van der Waals surface area contributed by atoms with E-state index >= 15 is 0 Å². The number of quaternary nitrogens is 1. The van der Waals surface area contributed by atoms with Gasteiger partial charge in [0.05, 0.1) is 19.8 Å². The molecular weight excluding hydrogens is 374 g/mol. The molecule has 0 unspecified atom stereocenters. The highest BCUT2D eigenvalue weighted by molar-refractivity contribution is 4.52. The van der Waals surface area contributed by atoms with Crippen LogP contribution in [0.4, 0.5) is 0 Å². The summed E-state index contributed by atoms with van der Waals surface area (Å²) in [5.74, 6) is 0. The van der Waals surface area contributed by atoms with Crippen LogP contribution in [0.1, 0.15) is 135 Å². The zero-order valence-electron chi connectivity index (χ0n) is 20.4. The molecule has 2 N–H and O–H groups in total. The molecule has 0 spiro atoms. The maximum Gasteiger partial charge on any atom is 0.102 e. The molecule has 0 amide bonds. The lowest BCUT2D eigenvalue weighted by atomic mass is 10.0. The number of hydrogen-bond donors (Lipinski definition) is 2. The van der Waals surface area contributed by atoms with Crippen LogP contribution in [-0.2, 0) is 0 Å². The molecule has 0 heterocycles. The number of nitrogens with zero attached hydrogens (tertiary/aromatic N) is 1. The predicted octanol–water partition coefficient (Wildman–Crippen LogP) is 7.11. The second kappa shape index (κ2) is 23.5. The maximum absolute atomic E-state index is 12.3. The molecule has 0 radical (unpaired) electrons. The molecule has 0 saturated heterocycles. The summed E-state index contributed by atoms with van der Waals surface area (Å²) >= 11 is 0. The third-order valence-electron chi connectivity index (χ3n) is 6.43. The molecule has 0 bridgehead atoms. The second-order valence-corrected chi connectivity index (χ2v) is 9.39. The molecule has 0 atom stereocenters. The molecule has 0 fully saturated rings. The van der Waals surface area contributed by atoms with Gasteiger partial charge >= 0.3 is 0 Å². The molecule has 182 valence electrons. The molecule has 4 nitrogen and oxygen atoms in total. The quantitative estimate of drug-likeness (QED) is 0.0923. The lowest BCUT2D eigenvalue weighted by Gasteiger charge is -2.42. The Balaban J connectivity index is 3.21. The Morgan fingerprint density at radius 3 is 0.967 bits per heavy atom. The molecule has 4 heteroatoms. The van der Waals surface area contributed by atoms with Gasteiger partial charge in [0, 0.05) is 0 Å². The van der Waals surface area contributed by atoms with E-state index in [1.807, 2.05) is 0 Å². The second-order valence-electron chi connectivity index (χ2n) is 9.39. The van der Waals surface area contributed by atoms with Crippen molar-refractivity contribution < 1.29 is 14.9 Å². The van der Waals surface area contributed by atoms with Crippen molar-refractivity contribution in [2.45, 2.75) is 135 Å². The van der Waals surface area contributed by atoms with E-state index in [1.165, 1.54) is 116 Å². The highest BCUT2D eigenvalue weighted by Crippen LogP contribution is 2.15. The van der Waals surface area contributed by atoms with E-state index in [0.717, 1.165) is 12.8 Å². The number of aliphatic hydroxyl groups is 2. The van der Waals surface area contributed by atoms with Gasteiger partial charge in [0.15, 0.2) is 0 Å². The zero-order valence-corrected chi connectivity index (χ0v) is 20.4. The van der Waals surface area contributed by atoms with Crippen molar-refractivity contribution >= 4 is 0 Å². The van der Waals surface area contributed by atoms with Gasteiger partial charge in [-0.3, -0.25) is 0 Å². The van der Waals surface area contributed by atoms with Gasteiger partial charge in [-0.25, -0.2) is 0 Å². The Bertz CT molecular complexity index is 319. The van der Waals surface area contributed by atoms with Crippen molar-refractivity contribution in [2.75, 3.05) is 32.8 Å². The number of rotatable bonds is 25. The number of unbranched alkanes of at least 4 members (excludes halogenated alkanes) is 19. The van der Waals surface area contributed by atoms with Crippen LogP contribution < -0.4 is 0 Å². The SMILES string of the molecule is CCCCCCCCCCCCCCCCCCCCCC[N+]([O-])(CCO)CCO.